The van der Waals surface area contributed by atoms with Gasteiger partial charge in [0.05, 0.1) is 0 Å². The Hall–Kier alpha value is -0.960. The van der Waals surface area contributed by atoms with Gasteiger partial charge in [-0.2, -0.15) is 0 Å². The molecule has 0 rings (SSSR count). The molecule has 0 aliphatic carbocycles. The highest BCUT2D eigenvalue weighted by Gasteiger charge is 1.81. The lowest BCUT2D eigenvalue weighted by atomic mass is 10.2. The Morgan fingerprint density at radius 2 is 1.92 bits per heavy atom. The molecule has 0 atom stereocenters. The Labute approximate surface area is 73.6 Å². The monoisotopic (exact) mass is 166 g/mol. The van der Waals surface area contributed by atoms with Gasteiger partial charge in [-0.15, -0.1) is 0 Å². The van der Waals surface area contributed by atoms with Gasteiger partial charge in [0, 0.05) is 6.42 Å². The number of aliphatic hydroxyl groups is 2. The molecule has 0 saturated carbocycles. The van der Waals surface area contributed by atoms with E-state index in [2.05, 4.69) is 30.6 Å². The van der Waals surface area contributed by atoms with Crippen molar-refractivity contribution in [2.45, 2.75) is 38.9 Å². The fraction of sp³-hybridized carbons (Fsp3) is 0.600. The lowest BCUT2D eigenvalue weighted by Gasteiger charge is -1.87. The standard InChI is InChI=1S/C10H14O2/c1-2-3-4-5-6-7-8-9-10(11)12/h10-12H,2-5H2,1H3. The first-order chi connectivity index (χ1) is 5.77. The zero-order chi connectivity index (χ0) is 9.23. The van der Waals surface area contributed by atoms with Crippen molar-refractivity contribution in [3.63, 3.8) is 0 Å². The lowest BCUT2D eigenvalue weighted by Crippen LogP contribution is -1.97. The molecule has 0 fully saturated rings. The van der Waals surface area contributed by atoms with E-state index in [1.54, 1.807) is 0 Å². The van der Waals surface area contributed by atoms with Crippen LogP contribution in [0.2, 0.25) is 0 Å². The van der Waals surface area contributed by atoms with Gasteiger partial charge in [-0.05, 0) is 24.2 Å². The third-order valence-electron chi connectivity index (χ3n) is 1.26. The van der Waals surface area contributed by atoms with Crippen molar-refractivity contribution in [2.24, 2.45) is 0 Å². The molecule has 0 aliphatic heterocycles. The summed E-state index contributed by atoms with van der Waals surface area (Å²) in [5.74, 6) is 9.85. The zero-order valence-electron chi connectivity index (χ0n) is 7.30. The van der Waals surface area contributed by atoms with Crippen LogP contribution in [0, 0.1) is 23.7 Å². The summed E-state index contributed by atoms with van der Waals surface area (Å²) in [7, 11) is 0. The summed E-state index contributed by atoms with van der Waals surface area (Å²) in [4.78, 5) is 0. The topological polar surface area (TPSA) is 40.5 Å². The highest BCUT2D eigenvalue weighted by molar-refractivity contribution is 5.26. The second-order valence-corrected chi connectivity index (χ2v) is 2.40. The minimum atomic E-state index is -1.56. The summed E-state index contributed by atoms with van der Waals surface area (Å²) in [6.07, 6.45) is 2.74. The van der Waals surface area contributed by atoms with E-state index < -0.39 is 6.29 Å². The van der Waals surface area contributed by atoms with Crippen LogP contribution in [0.3, 0.4) is 0 Å². The van der Waals surface area contributed by atoms with Gasteiger partial charge in [-0.1, -0.05) is 25.7 Å². The summed E-state index contributed by atoms with van der Waals surface area (Å²) in [5.41, 5.74) is 0. The minimum Gasteiger partial charge on any atom is -0.358 e. The van der Waals surface area contributed by atoms with E-state index >= 15 is 0 Å². The molecule has 0 aliphatic rings. The fourth-order valence-electron chi connectivity index (χ4n) is 0.671. The maximum atomic E-state index is 8.31. The molecule has 2 heteroatoms. The van der Waals surface area contributed by atoms with Gasteiger partial charge in [-0.25, -0.2) is 0 Å². The average molecular weight is 166 g/mol. The van der Waals surface area contributed by atoms with Crippen LogP contribution in [-0.2, 0) is 0 Å². The highest BCUT2D eigenvalue weighted by atomic mass is 16.5. The van der Waals surface area contributed by atoms with E-state index in [4.69, 9.17) is 10.2 Å². The summed E-state index contributed by atoms with van der Waals surface area (Å²) in [5, 5.41) is 16.6. The lowest BCUT2D eigenvalue weighted by molar-refractivity contribution is 0.0108. The molecule has 2 nitrogen and oxygen atoms in total. The molecular formula is C10H14O2. The fourth-order valence-corrected chi connectivity index (χ4v) is 0.671. The van der Waals surface area contributed by atoms with Crippen LogP contribution in [0.5, 0.6) is 0 Å². The van der Waals surface area contributed by atoms with Gasteiger partial charge >= 0.3 is 0 Å². The van der Waals surface area contributed by atoms with Gasteiger partial charge in [-0.3, -0.25) is 0 Å². The molecule has 0 aromatic rings. The molecule has 0 amide bonds. The Bertz CT molecular complexity index is 209. The Morgan fingerprint density at radius 1 is 1.17 bits per heavy atom. The second kappa shape index (κ2) is 8.14. The van der Waals surface area contributed by atoms with Crippen molar-refractivity contribution in [3.8, 4) is 23.7 Å². The van der Waals surface area contributed by atoms with Gasteiger partial charge in [0.1, 0.15) is 0 Å². The van der Waals surface area contributed by atoms with Gasteiger partial charge < -0.3 is 10.2 Å². The highest BCUT2D eigenvalue weighted by Crippen LogP contribution is 1.96. The van der Waals surface area contributed by atoms with Crippen LogP contribution in [-0.4, -0.2) is 16.5 Å². The van der Waals surface area contributed by atoms with Crippen molar-refractivity contribution in [2.75, 3.05) is 0 Å². The SMILES string of the molecule is CCCCCC#CC#CC(O)O. The molecule has 0 saturated heterocycles. The van der Waals surface area contributed by atoms with Crippen LogP contribution in [0.25, 0.3) is 0 Å². The number of rotatable bonds is 3. The third-order valence-corrected chi connectivity index (χ3v) is 1.26. The summed E-state index contributed by atoms with van der Waals surface area (Å²) in [6, 6.07) is 0. The molecule has 2 N–H and O–H groups in total. The average Bonchev–Trinajstić information content (AvgIpc) is 2.02. The molecule has 0 radical (unpaired) electrons. The molecule has 0 aromatic heterocycles. The number of hydrogen-bond acceptors (Lipinski definition) is 2. The Balaban J connectivity index is 3.42. The van der Waals surface area contributed by atoms with E-state index in [1.165, 1.54) is 12.8 Å². The normalized spacial score (nSPS) is 8.33. The molecule has 0 heterocycles. The van der Waals surface area contributed by atoms with E-state index in [0.29, 0.717) is 0 Å². The van der Waals surface area contributed by atoms with Crippen LogP contribution >= 0.6 is 0 Å². The van der Waals surface area contributed by atoms with Crippen LogP contribution in [0.4, 0.5) is 0 Å². The third kappa shape index (κ3) is 9.04. The first-order valence-electron chi connectivity index (χ1n) is 4.12. The molecule has 0 unspecified atom stereocenters. The van der Waals surface area contributed by atoms with Crippen molar-refractivity contribution < 1.29 is 10.2 Å². The molecule has 0 spiro atoms. The minimum absolute atomic E-state index is 0.837. The maximum absolute atomic E-state index is 8.31. The van der Waals surface area contributed by atoms with E-state index in [-0.39, 0.29) is 0 Å². The van der Waals surface area contributed by atoms with Crippen LogP contribution in [0.1, 0.15) is 32.6 Å². The first kappa shape index (κ1) is 11.0. The quantitative estimate of drug-likeness (QED) is 0.371. The molecular weight excluding hydrogens is 152 g/mol. The first-order valence-corrected chi connectivity index (χ1v) is 4.12. The van der Waals surface area contributed by atoms with Gasteiger partial charge in [0.25, 0.3) is 0 Å². The number of unbranched alkanes of at least 4 members (excludes halogenated alkanes) is 3. The maximum Gasteiger partial charge on any atom is 0.218 e. The largest absolute Gasteiger partial charge is 0.358 e. The van der Waals surface area contributed by atoms with Crippen molar-refractivity contribution in [1.82, 2.24) is 0 Å². The molecule has 0 aromatic carbocycles. The predicted molar refractivity (Wildman–Crippen MR) is 47.9 cm³/mol. The molecule has 12 heavy (non-hydrogen) atoms. The zero-order valence-corrected chi connectivity index (χ0v) is 7.30. The van der Waals surface area contributed by atoms with E-state index in [9.17, 15) is 0 Å². The smallest absolute Gasteiger partial charge is 0.218 e. The van der Waals surface area contributed by atoms with Crippen LogP contribution in [0.15, 0.2) is 0 Å². The number of hydrogen-bond donors (Lipinski definition) is 2. The molecule has 0 bridgehead atoms. The number of aliphatic hydroxyl groups excluding tert-OH is 1. The summed E-state index contributed by atoms with van der Waals surface area (Å²) >= 11 is 0. The Morgan fingerprint density at radius 3 is 2.50 bits per heavy atom. The summed E-state index contributed by atoms with van der Waals surface area (Å²) in [6.45, 7) is 2.13. The predicted octanol–water partition coefficient (Wildman–Crippen LogP) is 0.884. The van der Waals surface area contributed by atoms with Crippen molar-refractivity contribution >= 4 is 0 Å². The van der Waals surface area contributed by atoms with Crippen LogP contribution < -0.4 is 0 Å². The second-order valence-electron chi connectivity index (χ2n) is 2.40. The van der Waals surface area contributed by atoms with Crippen molar-refractivity contribution in [3.05, 3.63) is 0 Å². The van der Waals surface area contributed by atoms with Gasteiger partial charge in [0.15, 0.2) is 0 Å². The van der Waals surface area contributed by atoms with E-state index in [1.807, 2.05) is 0 Å². The molecule has 66 valence electrons. The van der Waals surface area contributed by atoms with E-state index in [0.717, 1.165) is 12.8 Å². The summed E-state index contributed by atoms with van der Waals surface area (Å²) < 4.78 is 0. The van der Waals surface area contributed by atoms with Gasteiger partial charge in [0.2, 0.25) is 6.29 Å². The van der Waals surface area contributed by atoms with Crippen molar-refractivity contribution in [1.29, 1.82) is 0 Å². The Kier molecular flexibility index (Phi) is 7.49.